The average molecular weight is 305 g/mol. The lowest BCUT2D eigenvalue weighted by Gasteiger charge is -2.20. The Morgan fingerprint density at radius 2 is 1.86 bits per heavy atom. The molecule has 0 saturated heterocycles. The minimum absolute atomic E-state index is 0.282. The fraction of sp³-hybridized carbons (Fsp3) is 0.526. The van der Waals surface area contributed by atoms with Crippen molar-refractivity contribution in [2.24, 2.45) is 5.92 Å². The van der Waals surface area contributed by atoms with Gasteiger partial charge in [-0.1, -0.05) is 62.4 Å². The normalized spacial score (nSPS) is 17.0. The summed E-state index contributed by atoms with van der Waals surface area (Å²) >= 11 is 5.97. The summed E-state index contributed by atoms with van der Waals surface area (Å²) in [4.78, 5) is 12.6. The Morgan fingerprint density at radius 3 is 2.48 bits per heavy atom. The van der Waals surface area contributed by atoms with Gasteiger partial charge in [0.15, 0.2) is 5.78 Å². The van der Waals surface area contributed by atoms with Crippen LogP contribution in [0.2, 0.25) is 5.02 Å². The van der Waals surface area contributed by atoms with Gasteiger partial charge >= 0.3 is 0 Å². The van der Waals surface area contributed by atoms with Gasteiger partial charge in [0.1, 0.15) is 0 Å². The van der Waals surface area contributed by atoms with Gasteiger partial charge in [0.25, 0.3) is 0 Å². The largest absolute Gasteiger partial charge is 0.294 e. The molecule has 1 fully saturated rings. The van der Waals surface area contributed by atoms with Gasteiger partial charge in [0.05, 0.1) is 0 Å². The molecule has 1 aromatic rings. The minimum Gasteiger partial charge on any atom is -0.294 e. The number of Topliss-reactive ketones (excluding diaryl/α,β-unsaturated/α-hetero) is 1. The average Bonchev–Trinajstić information content (AvgIpc) is 2.52. The summed E-state index contributed by atoms with van der Waals surface area (Å²) < 4.78 is 0. The quantitative estimate of drug-likeness (QED) is 0.583. The van der Waals surface area contributed by atoms with Crippen molar-refractivity contribution in [1.29, 1.82) is 0 Å². The summed E-state index contributed by atoms with van der Waals surface area (Å²) in [5.74, 6) is 0.847. The highest BCUT2D eigenvalue weighted by Gasteiger charge is 2.17. The molecule has 21 heavy (non-hydrogen) atoms. The summed E-state index contributed by atoms with van der Waals surface area (Å²) in [5, 5.41) is 0.719. The molecule has 0 aromatic heterocycles. The van der Waals surface area contributed by atoms with Gasteiger partial charge in [0, 0.05) is 17.0 Å². The Balaban J connectivity index is 2.22. The lowest BCUT2D eigenvalue weighted by molar-refractivity contribution is -0.113. The van der Waals surface area contributed by atoms with Crippen LogP contribution >= 0.6 is 11.6 Å². The first kappa shape index (κ1) is 16.3. The summed E-state index contributed by atoms with van der Waals surface area (Å²) in [6.45, 7) is 2.13. The molecule has 0 spiro atoms. The van der Waals surface area contributed by atoms with Crippen molar-refractivity contribution >= 4 is 23.0 Å². The fourth-order valence-corrected chi connectivity index (χ4v) is 3.11. The molecule has 1 saturated carbocycles. The molecule has 0 bridgehead atoms. The second-order valence-corrected chi connectivity index (χ2v) is 6.45. The zero-order valence-electron chi connectivity index (χ0n) is 12.9. The standard InChI is InChI=1S/C19H25ClO/c1-2-3-9-19(21)18(14-15-7-5-4-6-8-15)16-10-12-17(20)13-11-16/h10-15H,2-9H2,1H3/b18-14+. The van der Waals surface area contributed by atoms with Crippen molar-refractivity contribution in [2.45, 2.75) is 58.3 Å². The topological polar surface area (TPSA) is 17.1 Å². The summed E-state index contributed by atoms with van der Waals surface area (Å²) in [6, 6.07) is 7.69. The molecule has 1 aromatic carbocycles. The minimum atomic E-state index is 0.282. The van der Waals surface area contributed by atoms with Crippen molar-refractivity contribution < 1.29 is 4.79 Å². The van der Waals surface area contributed by atoms with Crippen LogP contribution in [0.4, 0.5) is 0 Å². The third-order valence-corrected chi connectivity index (χ3v) is 4.52. The predicted molar refractivity (Wildman–Crippen MR) is 90.5 cm³/mol. The van der Waals surface area contributed by atoms with Crippen molar-refractivity contribution in [2.75, 3.05) is 0 Å². The summed E-state index contributed by atoms with van der Waals surface area (Å²) in [6.07, 6.45) is 11.3. The lowest BCUT2D eigenvalue weighted by atomic mass is 9.85. The van der Waals surface area contributed by atoms with Crippen molar-refractivity contribution in [3.05, 3.63) is 40.9 Å². The molecule has 0 unspecified atom stereocenters. The van der Waals surface area contributed by atoms with E-state index in [0.29, 0.717) is 12.3 Å². The van der Waals surface area contributed by atoms with Crippen molar-refractivity contribution in [1.82, 2.24) is 0 Å². The molecule has 0 atom stereocenters. The van der Waals surface area contributed by atoms with E-state index in [2.05, 4.69) is 13.0 Å². The first-order valence-corrected chi connectivity index (χ1v) is 8.59. The van der Waals surface area contributed by atoms with Crippen molar-refractivity contribution in [3.63, 3.8) is 0 Å². The van der Waals surface area contributed by atoms with Crippen LogP contribution in [0.25, 0.3) is 5.57 Å². The van der Waals surface area contributed by atoms with Crippen LogP contribution in [0.15, 0.2) is 30.3 Å². The maximum atomic E-state index is 12.6. The molecule has 114 valence electrons. The van der Waals surface area contributed by atoms with Crippen molar-refractivity contribution in [3.8, 4) is 0 Å². The summed E-state index contributed by atoms with van der Waals surface area (Å²) in [5.41, 5.74) is 1.93. The maximum absolute atomic E-state index is 12.6. The lowest BCUT2D eigenvalue weighted by Crippen LogP contribution is -2.08. The highest BCUT2D eigenvalue weighted by molar-refractivity contribution is 6.30. The highest BCUT2D eigenvalue weighted by Crippen LogP contribution is 2.29. The van der Waals surface area contributed by atoms with Crippen LogP contribution in [0.3, 0.4) is 0 Å². The monoisotopic (exact) mass is 304 g/mol. The Morgan fingerprint density at radius 1 is 1.19 bits per heavy atom. The van der Waals surface area contributed by atoms with Gasteiger partial charge in [-0.3, -0.25) is 4.79 Å². The van der Waals surface area contributed by atoms with Gasteiger partial charge in [-0.15, -0.1) is 0 Å². The number of carbonyl (C=O) groups is 1. The van der Waals surface area contributed by atoms with E-state index in [4.69, 9.17) is 11.6 Å². The Bertz CT molecular complexity index is 481. The fourth-order valence-electron chi connectivity index (χ4n) is 2.99. The van der Waals surface area contributed by atoms with E-state index in [1.807, 2.05) is 24.3 Å². The van der Waals surface area contributed by atoms with E-state index in [1.165, 1.54) is 32.1 Å². The smallest absolute Gasteiger partial charge is 0.163 e. The molecule has 2 heteroatoms. The number of carbonyl (C=O) groups excluding carboxylic acids is 1. The van der Waals surface area contributed by atoms with E-state index in [9.17, 15) is 4.79 Å². The van der Waals surface area contributed by atoms with Gasteiger partial charge < -0.3 is 0 Å². The molecule has 0 heterocycles. The number of allylic oxidation sites excluding steroid dienone is 2. The molecule has 1 aliphatic rings. The van der Waals surface area contributed by atoms with E-state index >= 15 is 0 Å². The number of hydrogen-bond acceptors (Lipinski definition) is 1. The number of unbranched alkanes of at least 4 members (excludes halogenated alkanes) is 1. The highest BCUT2D eigenvalue weighted by atomic mass is 35.5. The molecule has 2 rings (SSSR count). The second kappa shape index (κ2) is 8.38. The molecule has 1 nitrogen and oxygen atoms in total. The van der Waals surface area contributed by atoms with E-state index in [1.54, 1.807) is 0 Å². The number of benzene rings is 1. The first-order chi connectivity index (χ1) is 10.2. The van der Waals surface area contributed by atoms with Gasteiger partial charge in [-0.2, -0.15) is 0 Å². The predicted octanol–water partition coefficient (Wildman–Crippen LogP) is 6.06. The number of ketones is 1. The number of halogens is 1. The Kier molecular flexibility index (Phi) is 6.50. The second-order valence-electron chi connectivity index (χ2n) is 6.01. The van der Waals surface area contributed by atoms with Crippen LogP contribution < -0.4 is 0 Å². The zero-order valence-corrected chi connectivity index (χ0v) is 13.7. The molecule has 0 radical (unpaired) electrons. The van der Waals surface area contributed by atoms with Gasteiger partial charge in [-0.05, 0) is 42.9 Å². The Hall–Kier alpha value is -1.08. The van der Waals surface area contributed by atoms with Gasteiger partial charge in [0.2, 0.25) is 0 Å². The van der Waals surface area contributed by atoms with Crippen LogP contribution in [-0.2, 0) is 4.79 Å². The maximum Gasteiger partial charge on any atom is 0.163 e. The number of hydrogen-bond donors (Lipinski definition) is 0. The molecule has 1 aliphatic carbocycles. The molecule has 0 N–H and O–H groups in total. The van der Waals surface area contributed by atoms with E-state index in [0.717, 1.165) is 29.0 Å². The third-order valence-electron chi connectivity index (χ3n) is 4.27. The van der Waals surface area contributed by atoms with E-state index < -0.39 is 0 Å². The van der Waals surface area contributed by atoms with Crippen LogP contribution in [0, 0.1) is 5.92 Å². The van der Waals surface area contributed by atoms with Crippen LogP contribution in [0.5, 0.6) is 0 Å². The number of rotatable bonds is 6. The Labute approximate surface area is 133 Å². The third kappa shape index (κ3) is 5.00. The van der Waals surface area contributed by atoms with Crippen LogP contribution in [-0.4, -0.2) is 5.78 Å². The zero-order chi connectivity index (χ0) is 15.1. The molecule has 0 amide bonds. The van der Waals surface area contributed by atoms with Gasteiger partial charge in [-0.25, -0.2) is 0 Å². The molecule has 0 aliphatic heterocycles. The van der Waals surface area contributed by atoms with E-state index in [-0.39, 0.29) is 5.78 Å². The SMILES string of the molecule is CCCCC(=O)/C(=C/C1CCCCC1)c1ccc(Cl)cc1. The molecular formula is C19H25ClO. The van der Waals surface area contributed by atoms with Crippen LogP contribution in [0.1, 0.15) is 63.9 Å². The molecular weight excluding hydrogens is 280 g/mol. The summed E-state index contributed by atoms with van der Waals surface area (Å²) in [7, 11) is 0. The first-order valence-electron chi connectivity index (χ1n) is 8.21.